The van der Waals surface area contributed by atoms with Crippen molar-refractivity contribution >= 4 is 27.5 Å². The molecule has 1 unspecified atom stereocenters. The second kappa shape index (κ2) is 6.86. The quantitative estimate of drug-likeness (QED) is 0.678. The highest BCUT2D eigenvalue weighted by molar-refractivity contribution is 7.22. The molecule has 27 heavy (non-hydrogen) atoms. The minimum absolute atomic E-state index is 0.217. The second-order valence-electron chi connectivity index (χ2n) is 6.76. The predicted molar refractivity (Wildman–Crippen MR) is 101 cm³/mol. The van der Waals surface area contributed by atoms with Crippen molar-refractivity contribution in [3.05, 3.63) is 52.3 Å². The number of aromatic amines is 1. The van der Waals surface area contributed by atoms with Gasteiger partial charge in [0.1, 0.15) is 22.4 Å². The van der Waals surface area contributed by atoms with Crippen LogP contribution in [0.4, 0.5) is 4.39 Å². The van der Waals surface area contributed by atoms with Crippen LogP contribution in [0.3, 0.4) is 0 Å². The zero-order chi connectivity index (χ0) is 19.1. The number of carboxylic acids is 1. The maximum Gasteiger partial charge on any atom is 0.320 e. The third-order valence-electron chi connectivity index (χ3n) is 4.76. The normalized spacial score (nSPS) is 15.4. The Hall–Kier alpha value is -2.58. The molecule has 0 aliphatic heterocycles. The lowest BCUT2D eigenvalue weighted by molar-refractivity contribution is -0.143. The summed E-state index contributed by atoms with van der Waals surface area (Å²) in [5.41, 5.74) is 1.14. The first-order valence-electron chi connectivity index (χ1n) is 8.69. The number of aliphatic carboxylic acids is 1. The Balaban J connectivity index is 1.67. The zero-order valence-corrected chi connectivity index (χ0v) is 15.4. The average molecular weight is 387 g/mol. The first kappa shape index (κ1) is 17.8. The fourth-order valence-corrected chi connectivity index (χ4v) is 4.12. The number of nitrogens with one attached hydrogen (secondary N) is 1. The van der Waals surface area contributed by atoms with Gasteiger partial charge in [-0.1, -0.05) is 12.1 Å². The number of carboxylic acid groups (broad SMARTS) is 1. The van der Waals surface area contributed by atoms with Gasteiger partial charge in [0.15, 0.2) is 0 Å². The molecule has 2 aromatic heterocycles. The van der Waals surface area contributed by atoms with E-state index in [1.54, 1.807) is 19.1 Å². The Labute approximate surface area is 158 Å². The average Bonchev–Trinajstić information content (AvgIpc) is 3.38. The van der Waals surface area contributed by atoms with E-state index in [1.807, 2.05) is 11.0 Å². The Morgan fingerprint density at radius 3 is 2.74 bits per heavy atom. The molecule has 0 saturated heterocycles. The summed E-state index contributed by atoms with van der Waals surface area (Å²) in [4.78, 5) is 33.9. The van der Waals surface area contributed by atoms with E-state index < -0.39 is 12.0 Å². The van der Waals surface area contributed by atoms with Crippen LogP contribution in [0, 0.1) is 5.82 Å². The molecule has 140 valence electrons. The van der Waals surface area contributed by atoms with Crippen molar-refractivity contribution in [3.63, 3.8) is 0 Å². The van der Waals surface area contributed by atoms with Gasteiger partial charge in [0.2, 0.25) is 0 Å². The summed E-state index contributed by atoms with van der Waals surface area (Å²) in [6.07, 6.45) is 1.91. The predicted octanol–water partition coefficient (Wildman–Crippen LogP) is 3.23. The van der Waals surface area contributed by atoms with E-state index in [0.29, 0.717) is 16.0 Å². The minimum atomic E-state index is -0.889. The van der Waals surface area contributed by atoms with Crippen LogP contribution in [0.25, 0.3) is 20.7 Å². The first-order chi connectivity index (χ1) is 12.9. The molecule has 1 atom stereocenters. The van der Waals surface area contributed by atoms with E-state index in [4.69, 9.17) is 0 Å². The number of nitrogens with zero attached hydrogens (tertiary/aromatic N) is 2. The minimum Gasteiger partial charge on any atom is -0.480 e. The van der Waals surface area contributed by atoms with Crippen LogP contribution < -0.4 is 5.56 Å². The van der Waals surface area contributed by atoms with Gasteiger partial charge in [-0.05, 0) is 43.5 Å². The lowest BCUT2D eigenvalue weighted by atomic mass is 10.2. The van der Waals surface area contributed by atoms with E-state index in [-0.39, 0.29) is 24.0 Å². The number of H-pyrrole nitrogens is 1. The molecule has 0 spiro atoms. The maximum absolute atomic E-state index is 13.1. The molecular formula is C19H18FN3O3S. The molecular weight excluding hydrogens is 369 g/mol. The highest BCUT2D eigenvalue weighted by Crippen LogP contribution is 2.32. The molecule has 4 rings (SSSR count). The summed E-state index contributed by atoms with van der Waals surface area (Å²) in [6, 6.07) is 7.48. The van der Waals surface area contributed by atoms with Crippen molar-refractivity contribution < 1.29 is 14.3 Å². The van der Waals surface area contributed by atoms with E-state index in [1.165, 1.54) is 23.5 Å². The van der Waals surface area contributed by atoms with Gasteiger partial charge in [-0.3, -0.25) is 14.5 Å². The molecule has 0 bridgehead atoms. The van der Waals surface area contributed by atoms with Crippen molar-refractivity contribution in [2.75, 3.05) is 0 Å². The Morgan fingerprint density at radius 1 is 1.41 bits per heavy atom. The summed E-state index contributed by atoms with van der Waals surface area (Å²) in [5.74, 6) is -0.749. The van der Waals surface area contributed by atoms with Crippen molar-refractivity contribution in [2.24, 2.45) is 0 Å². The number of halogens is 1. The van der Waals surface area contributed by atoms with Crippen LogP contribution >= 0.6 is 11.3 Å². The highest BCUT2D eigenvalue weighted by atomic mass is 32.1. The SMILES string of the molecule is CC(C(=O)O)N(Cc1nc2cc(-c3ccc(F)cc3)sc2c(=O)[nH]1)C1CC1. The van der Waals surface area contributed by atoms with Crippen LogP contribution in [-0.4, -0.2) is 38.0 Å². The van der Waals surface area contributed by atoms with E-state index >= 15 is 0 Å². The van der Waals surface area contributed by atoms with Crippen LogP contribution in [0.15, 0.2) is 35.1 Å². The van der Waals surface area contributed by atoms with Gasteiger partial charge in [0.05, 0.1) is 12.1 Å². The number of carbonyl (C=O) groups is 1. The number of fused-ring (bicyclic) bond motifs is 1. The number of hydrogen-bond donors (Lipinski definition) is 2. The summed E-state index contributed by atoms with van der Waals surface area (Å²) < 4.78 is 13.6. The molecule has 1 aliphatic carbocycles. The van der Waals surface area contributed by atoms with E-state index in [0.717, 1.165) is 23.3 Å². The van der Waals surface area contributed by atoms with Crippen LogP contribution in [0.5, 0.6) is 0 Å². The van der Waals surface area contributed by atoms with Crippen molar-refractivity contribution in [1.82, 2.24) is 14.9 Å². The van der Waals surface area contributed by atoms with Crippen LogP contribution in [-0.2, 0) is 11.3 Å². The van der Waals surface area contributed by atoms with E-state index in [9.17, 15) is 19.1 Å². The fraction of sp³-hybridized carbons (Fsp3) is 0.316. The molecule has 1 fully saturated rings. The maximum atomic E-state index is 13.1. The molecule has 0 radical (unpaired) electrons. The molecule has 2 N–H and O–H groups in total. The summed E-state index contributed by atoms with van der Waals surface area (Å²) in [7, 11) is 0. The molecule has 8 heteroatoms. The van der Waals surface area contributed by atoms with Gasteiger partial charge < -0.3 is 10.1 Å². The number of rotatable bonds is 6. The van der Waals surface area contributed by atoms with Gasteiger partial charge in [-0.25, -0.2) is 9.37 Å². The molecule has 1 aliphatic rings. The molecule has 3 aromatic rings. The molecule has 0 amide bonds. The fourth-order valence-electron chi connectivity index (χ4n) is 3.12. The van der Waals surface area contributed by atoms with Crippen LogP contribution in [0.2, 0.25) is 0 Å². The lowest BCUT2D eigenvalue weighted by Crippen LogP contribution is -2.40. The van der Waals surface area contributed by atoms with Crippen LogP contribution in [0.1, 0.15) is 25.6 Å². The zero-order valence-electron chi connectivity index (χ0n) is 14.6. The Bertz CT molecular complexity index is 1060. The van der Waals surface area contributed by atoms with Gasteiger partial charge in [-0.2, -0.15) is 0 Å². The van der Waals surface area contributed by atoms with Gasteiger partial charge in [-0.15, -0.1) is 11.3 Å². The van der Waals surface area contributed by atoms with Gasteiger partial charge in [0.25, 0.3) is 5.56 Å². The number of thiophene rings is 1. The van der Waals surface area contributed by atoms with E-state index in [2.05, 4.69) is 9.97 Å². The second-order valence-corrected chi connectivity index (χ2v) is 7.81. The molecule has 2 heterocycles. The Morgan fingerprint density at radius 2 is 2.11 bits per heavy atom. The standard InChI is InChI=1S/C19H18FN3O3S/c1-10(19(25)26)23(13-6-7-13)9-16-21-14-8-15(27-17(14)18(24)22-16)11-2-4-12(20)5-3-11/h2-5,8,10,13H,6-7,9H2,1H3,(H,25,26)(H,21,22,24). The smallest absolute Gasteiger partial charge is 0.320 e. The monoisotopic (exact) mass is 387 g/mol. The van der Waals surface area contributed by atoms with Gasteiger partial charge in [0, 0.05) is 10.9 Å². The topological polar surface area (TPSA) is 86.3 Å². The number of aromatic nitrogens is 2. The number of hydrogen-bond acceptors (Lipinski definition) is 5. The van der Waals surface area contributed by atoms with Crippen molar-refractivity contribution in [1.29, 1.82) is 0 Å². The number of benzene rings is 1. The Kier molecular flexibility index (Phi) is 4.53. The summed E-state index contributed by atoms with van der Waals surface area (Å²) in [6.45, 7) is 1.93. The molecule has 6 nitrogen and oxygen atoms in total. The van der Waals surface area contributed by atoms with Crippen molar-refractivity contribution in [2.45, 2.75) is 38.4 Å². The third kappa shape index (κ3) is 3.63. The molecule has 1 saturated carbocycles. The highest BCUT2D eigenvalue weighted by Gasteiger charge is 2.35. The van der Waals surface area contributed by atoms with Gasteiger partial charge >= 0.3 is 5.97 Å². The van der Waals surface area contributed by atoms with Crippen molar-refractivity contribution in [3.8, 4) is 10.4 Å². The molecule has 1 aromatic carbocycles. The lowest BCUT2D eigenvalue weighted by Gasteiger charge is -2.25. The largest absolute Gasteiger partial charge is 0.480 e. The first-order valence-corrected chi connectivity index (χ1v) is 9.51. The third-order valence-corrected chi connectivity index (χ3v) is 5.94. The summed E-state index contributed by atoms with van der Waals surface area (Å²) in [5, 5.41) is 9.32. The summed E-state index contributed by atoms with van der Waals surface area (Å²) >= 11 is 1.30.